The quantitative estimate of drug-likeness (QED) is 0.570. The minimum Gasteiger partial charge on any atom is -0.491 e. The Bertz CT molecular complexity index is 216. The van der Waals surface area contributed by atoms with Gasteiger partial charge in [0.15, 0.2) is 0 Å². The number of ether oxygens (including phenoxy) is 1. The summed E-state index contributed by atoms with van der Waals surface area (Å²) in [5.74, 6) is 0.870. The first-order valence-electron chi connectivity index (χ1n) is 3.70. The fourth-order valence-corrected chi connectivity index (χ4v) is 0.819. The third kappa shape index (κ3) is 2.66. The van der Waals surface area contributed by atoms with E-state index in [4.69, 9.17) is 12.6 Å². The van der Waals surface area contributed by atoms with Crippen LogP contribution in [0, 0.1) is 0 Å². The monoisotopic (exact) mass is 146 g/mol. The standard InChI is InChI=1S/C9H11BO/c1-7(2)11-9-5-3-8(10)4-6-9/h3-7H,1-2H3. The molecule has 0 unspecified atom stereocenters. The first-order chi connectivity index (χ1) is 5.18. The van der Waals surface area contributed by atoms with Gasteiger partial charge in [0.25, 0.3) is 0 Å². The molecule has 11 heavy (non-hydrogen) atoms. The van der Waals surface area contributed by atoms with Crippen molar-refractivity contribution in [2.24, 2.45) is 0 Å². The molecule has 56 valence electrons. The lowest BCUT2D eigenvalue weighted by Gasteiger charge is -2.08. The highest BCUT2D eigenvalue weighted by Crippen LogP contribution is 2.08. The third-order valence-corrected chi connectivity index (χ3v) is 1.25. The Morgan fingerprint density at radius 2 is 1.73 bits per heavy atom. The van der Waals surface area contributed by atoms with Crippen LogP contribution in [-0.4, -0.2) is 14.0 Å². The largest absolute Gasteiger partial charge is 0.491 e. The molecule has 0 aliphatic rings. The summed E-state index contributed by atoms with van der Waals surface area (Å²) in [5, 5.41) is 0. The Morgan fingerprint density at radius 1 is 1.18 bits per heavy atom. The van der Waals surface area contributed by atoms with Gasteiger partial charge >= 0.3 is 0 Å². The highest BCUT2D eigenvalue weighted by atomic mass is 16.5. The van der Waals surface area contributed by atoms with Crippen LogP contribution in [0.4, 0.5) is 0 Å². The summed E-state index contributed by atoms with van der Waals surface area (Å²) in [7, 11) is 5.50. The summed E-state index contributed by atoms with van der Waals surface area (Å²) in [6.07, 6.45) is 0.221. The van der Waals surface area contributed by atoms with Crippen molar-refractivity contribution in [1.29, 1.82) is 0 Å². The van der Waals surface area contributed by atoms with E-state index in [0.717, 1.165) is 11.2 Å². The van der Waals surface area contributed by atoms with Crippen LogP contribution in [0.2, 0.25) is 0 Å². The zero-order chi connectivity index (χ0) is 8.27. The van der Waals surface area contributed by atoms with Crippen LogP contribution in [0.1, 0.15) is 13.8 Å². The van der Waals surface area contributed by atoms with Gasteiger partial charge in [-0.05, 0) is 26.0 Å². The molecule has 0 N–H and O–H groups in total. The van der Waals surface area contributed by atoms with E-state index in [0.29, 0.717) is 0 Å². The predicted octanol–water partition coefficient (Wildman–Crippen LogP) is 1.27. The molecule has 1 aromatic carbocycles. The van der Waals surface area contributed by atoms with Crippen LogP contribution in [0.15, 0.2) is 24.3 Å². The molecule has 1 nitrogen and oxygen atoms in total. The minimum atomic E-state index is 0.221. The minimum absolute atomic E-state index is 0.221. The lowest BCUT2D eigenvalue weighted by Crippen LogP contribution is -2.07. The van der Waals surface area contributed by atoms with Crippen molar-refractivity contribution in [2.45, 2.75) is 20.0 Å². The molecule has 0 aromatic heterocycles. The van der Waals surface area contributed by atoms with Crippen molar-refractivity contribution in [3.63, 3.8) is 0 Å². The molecule has 1 aromatic rings. The highest BCUT2D eigenvalue weighted by Gasteiger charge is 1.94. The molecule has 0 fully saturated rings. The summed E-state index contributed by atoms with van der Waals surface area (Å²) < 4.78 is 5.41. The molecule has 0 saturated heterocycles. The van der Waals surface area contributed by atoms with Gasteiger partial charge < -0.3 is 4.74 Å². The Balaban J connectivity index is 2.66. The van der Waals surface area contributed by atoms with Crippen molar-refractivity contribution < 1.29 is 4.74 Å². The molecule has 0 spiro atoms. The molecule has 0 atom stereocenters. The average molecular weight is 146 g/mol. The fourth-order valence-electron chi connectivity index (χ4n) is 0.819. The van der Waals surface area contributed by atoms with E-state index >= 15 is 0 Å². The van der Waals surface area contributed by atoms with Crippen LogP contribution in [0.5, 0.6) is 5.75 Å². The summed E-state index contributed by atoms with van der Waals surface area (Å²) >= 11 is 0. The Hall–Kier alpha value is -0.915. The topological polar surface area (TPSA) is 9.23 Å². The van der Waals surface area contributed by atoms with Gasteiger partial charge in [0.2, 0.25) is 0 Å². The normalized spacial score (nSPS) is 10.1. The molecular formula is C9H11BO. The average Bonchev–Trinajstić information content (AvgIpc) is 1.93. The number of hydrogen-bond donors (Lipinski definition) is 0. The van der Waals surface area contributed by atoms with E-state index in [-0.39, 0.29) is 6.10 Å². The van der Waals surface area contributed by atoms with Gasteiger partial charge in [-0.2, -0.15) is 0 Å². The van der Waals surface area contributed by atoms with Crippen molar-refractivity contribution in [3.05, 3.63) is 24.3 Å². The lowest BCUT2D eigenvalue weighted by atomic mass is 9.97. The molecule has 0 aliphatic heterocycles. The fraction of sp³-hybridized carbons (Fsp3) is 0.333. The third-order valence-electron chi connectivity index (χ3n) is 1.25. The van der Waals surface area contributed by atoms with E-state index in [9.17, 15) is 0 Å². The Morgan fingerprint density at radius 3 is 2.18 bits per heavy atom. The van der Waals surface area contributed by atoms with Crippen molar-refractivity contribution in [3.8, 4) is 5.75 Å². The highest BCUT2D eigenvalue weighted by molar-refractivity contribution is 6.32. The molecular weight excluding hydrogens is 135 g/mol. The van der Waals surface area contributed by atoms with Crippen LogP contribution in [0.3, 0.4) is 0 Å². The van der Waals surface area contributed by atoms with Gasteiger partial charge in [-0.15, -0.1) is 0 Å². The maximum atomic E-state index is 5.50. The molecule has 0 saturated carbocycles. The van der Waals surface area contributed by atoms with E-state index in [2.05, 4.69) is 0 Å². The van der Waals surface area contributed by atoms with Gasteiger partial charge in [0.05, 0.1) is 6.10 Å². The van der Waals surface area contributed by atoms with Crippen LogP contribution in [0.25, 0.3) is 0 Å². The molecule has 1 rings (SSSR count). The van der Waals surface area contributed by atoms with E-state index in [1.54, 1.807) is 0 Å². The van der Waals surface area contributed by atoms with Crippen molar-refractivity contribution >= 4 is 13.3 Å². The molecule has 0 aliphatic carbocycles. The lowest BCUT2D eigenvalue weighted by molar-refractivity contribution is 0.242. The summed E-state index contributed by atoms with van der Waals surface area (Å²) in [6, 6.07) is 7.40. The van der Waals surface area contributed by atoms with Crippen LogP contribution >= 0.6 is 0 Å². The second-order valence-electron chi connectivity index (χ2n) is 2.74. The van der Waals surface area contributed by atoms with Crippen LogP contribution < -0.4 is 10.2 Å². The van der Waals surface area contributed by atoms with Gasteiger partial charge in [-0.25, -0.2) is 0 Å². The van der Waals surface area contributed by atoms with E-state index < -0.39 is 0 Å². The first kappa shape index (κ1) is 8.18. The molecule has 2 heteroatoms. The van der Waals surface area contributed by atoms with Gasteiger partial charge in [0.1, 0.15) is 13.6 Å². The maximum Gasteiger partial charge on any atom is 0.119 e. The summed E-state index contributed by atoms with van der Waals surface area (Å²) in [6.45, 7) is 3.99. The van der Waals surface area contributed by atoms with E-state index in [1.165, 1.54) is 0 Å². The van der Waals surface area contributed by atoms with Gasteiger partial charge in [-0.1, -0.05) is 17.6 Å². The molecule has 2 radical (unpaired) electrons. The first-order valence-corrected chi connectivity index (χ1v) is 3.70. The maximum absolute atomic E-state index is 5.50. The van der Waals surface area contributed by atoms with Crippen molar-refractivity contribution in [2.75, 3.05) is 0 Å². The number of hydrogen-bond acceptors (Lipinski definition) is 1. The summed E-state index contributed by atoms with van der Waals surface area (Å²) in [4.78, 5) is 0. The summed E-state index contributed by atoms with van der Waals surface area (Å²) in [5.41, 5.74) is 0.765. The zero-order valence-electron chi connectivity index (χ0n) is 6.87. The number of rotatable bonds is 2. The number of benzene rings is 1. The molecule has 0 amide bonds. The van der Waals surface area contributed by atoms with Crippen molar-refractivity contribution in [1.82, 2.24) is 0 Å². The molecule has 0 bridgehead atoms. The van der Waals surface area contributed by atoms with Gasteiger partial charge in [-0.3, -0.25) is 0 Å². The Kier molecular flexibility index (Phi) is 2.58. The predicted molar refractivity (Wildman–Crippen MR) is 47.6 cm³/mol. The second-order valence-corrected chi connectivity index (χ2v) is 2.74. The van der Waals surface area contributed by atoms with E-state index in [1.807, 2.05) is 38.1 Å². The second kappa shape index (κ2) is 3.47. The Labute approximate surface area is 68.8 Å². The zero-order valence-corrected chi connectivity index (χ0v) is 6.87. The molecule has 0 heterocycles. The smallest absolute Gasteiger partial charge is 0.119 e. The van der Waals surface area contributed by atoms with Gasteiger partial charge in [0, 0.05) is 0 Å². The van der Waals surface area contributed by atoms with Crippen LogP contribution in [-0.2, 0) is 0 Å². The SMILES string of the molecule is [B]c1ccc(OC(C)C)cc1.